The van der Waals surface area contributed by atoms with Crippen LogP contribution in [0.5, 0.6) is 0 Å². The molecule has 2 aromatic rings. The minimum atomic E-state index is -0.549. The topological polar surface area (TPSA) is 12.0 Å². The Hall–Kier alpha value is -1.26. The molecule has 0 heterocycles. The number of benzene rings is 2. The molecule has 1 N–H and O–H groups in total. The second-order valence-corrected chi connectivity index (χ2v) is 5.24. The Labute approximate surface area is 119 Å². The first-order valence-corrected chi connectivity index (χ1v) is 6.71. The summed E-state index contributed by atoms with van der Waals surface area (Å²) in [7, 11) is 1.68. The molecule has 100 valence electrons. The van der Waals surface area contributed by atoms with Crippen LogP contribution in [0.3, 0.4) is 0 Å². The highest BCUT2D eigenvalue weighted by Gasteiger charge is 2.22. The summed E-state index contributed by atoms with van der Waals surface area (Å²) in [4.78, 5) is 0. The first-order chi connectivity index (χ1) is 9.04. The molecule has 0 saturated carbocycles. The highest BCUT2D eigenvalue weighted by atomic mass is 79.9. The fraction of sp³-hybridized carbons (Fsp3) is 0.200. The SMILES string of the molecule is CNC(c1ccc(C)cc1Br)c1c(F)cccc1F. The van der Waals surface area contributed by atoms with Gasteiger partial charge in [0, 0.05) is 10.0 Å². The first-order valence-electron chi connectivity index (χ1n) is 5.92. The summed E-state index contributed by atoms with van der Waals surface area (Å²) >= 11 is 3.45. The van der Waals surface area contributed by atoms with Crippen molar-refractivity contribution in [3.63, 3.8) is 0 Å². The highest BCUT2D eigenvalue weighted by molar-refractivity contribution is 9.10. The summed E-state index contributed by atoms with van der Waals surface area (Å²) in [5, 5.41) is 2.97. The average molecular weight is 326 g/mol. The largest absolute Gasteiger partial charge is 0.309 e. The van der Waals surface area contributed by atoms with Crippen molar-refractivity contribution in [3.05, 3.63) is 69.2 Å². The highest BCUT2D eigenvalue weighted by Crippen LogP contribution is 2.31. The number of hydrogen-bond acceptors (Lipinski definition) is 1. The van der Waals surface area contributed by atoms with E-state index >= 15 is 0 Å². The lowest BCUT2D eigenvalue weighted by Gasteiger charge is -2.20. The van der Waals surface area contributed by atoms with Crippen LogP contribution in [0.1, 0.15) is 22.7 Å². The quantitative estimate of drug-likeness (QED) is 0.884. The molecule has 0 aliphatic carbocycles. The van der Waals surface area contributed by atoms with Gasteiger partial charge < -0.3 is 5.32 Å². The molecule has 19 heavy (non-hydrogen) atoms. The van der Waals surface area contributed by atoms with Crippen LogP contribution in [0.2, 0.25) is 0 Å². The third-order valence-electron chi connectivity index (χ3n) is 3.04. The van der Waals surface area contributed by atoms with E-state index in [-0.39, 0.29) is 5.56 Å². The van der Waals surface area contributed by atoms with Gasteiger partial charge in [-0.25, -0.2) is 8.78 Å². The van der Waals surface area contributed by atoms with Gasteiger partial charge in [0.25, 0.3) is 0 Å². The molecule has 0 spiro atoms. The molecule has 4 heteroatoms. The first kappa shape index (κ1) is 14.2. The molecule has 1 nitrogen and oxygen atoms in total. The van der Waals surface area contributed by atoms with Gasteiger partial charge in [0.05, 0.1) is 6.04 Å². The van der Waals surface area contributed by atoms with Crippen LogP contribution < -0.4 is 5.32 Å². The van der Waals surface area contributed by atoms with Crippen LogP contribution in [-0.2, 0) is 0 Å². The molecule has 2 aromatic carbocycles. The van der Waals surface area contributed by atoms with Crippen LogP contribution in [0.25, 0.3) is 0 Å². The van der Waals surface area contributed by atoms with Gasteiger partial charge >= 0.3 is 0 Å². The molecule has 0 aliphatic rings. The van der Waals surface area contributed by atoms with E-state index in [1.165, 1.54) is 18.2 Å². The predicted molar refractivity (Wildman–Crippen MR) is 76.1 cm³/mol. The maximum atomic E-state index is 13.9. The van der Waals surface area contributed by atoms with Crippen LogP contribution in [0.15, 0.2) is 40.9 Å². The van der Waals surface area contributed by atoms with Gasteiger partial charge in [-0.05, 0) is 43.3 Å². The van der Waals surface area contributed by atoms with E-state index < -0.39 is 17.7 Å². The number of aryl methyl sites for hydroxylation is 1. The number of halogens is 3. The minimum Gasteiger partial charge on any atom is -0.309 e. The van der Waals surface area contributed by atoms with Gasteiger partial charge in [-0.15, -0.1) is 0 Å². The predicted octanol–water partition coefficient (Wildman–Crippen LogP) is 4.34. The van der Waals surface area contributed by atoms with E-state index in [9.17, 15) is 8.78 Å². The average Bonchev–Trinajstić information content (AvgIpc) is 2.35. The standard InChI is InChI=1S/C15H14BrF2N/c1-9-6-7-10(11(16)8-9)15(19-2)14-12(17)4-3-5-13(14)18/h3-8,15,19H,1-2H3. The lowest BCUT2D eigenvalue weighted by Crippen LogP contribution is -2.21. The normalized spacial score (nSPS) is 12.5. The molecule has 1 atom stereocenters. The van der Waals surface area contributed by atoms with E-state index in [0.717, 1.165) is 15.6 Å². The van der Waals surface area contributed by atoms with E-state index in [4.69, 9.17) is 0 Å². The van der Waals surface area contributed by atoms with Gasteiger partial charge in [-0.3, -0.25) is 0 Å². The Balaban J connectivity index is 2.56. The van der Waals surface area contributed by atoms with Crippen LogP contribution in [0, 0.1) is 18.6 Å². The van der Waals surface area contributed by atoms with Crippen LogP contribution >= 0.6 is 15.9 Å². The second kappa shape index (κ2) is 5.80. The molecular weight excluding hydrogens is 312 g/mol. The fourth-order valence-electron chi connectivity index (χ4n) is 2.11. The minimum absolute atomic E-state index is 0.0366. The Morgan fingerprint density at radius 3 is 2.26 bits per heavy atom. The molecule has 0 bridgehead atoms. The maximum Gasteiger partial charge on any atom is 0.131 e. The van der Waals surface area contributed by atoms with Gasteiger partial charge in [0.2, 0.25) is 0 Å². The zero-order valence-electron chi connectivity index (χ0n) is 10.7. The summed E-state index contributed by atoms with van der Waals surface area (Å²) in [6, 6.07) is 9.09. The summed E-state index contributed by atoms with van der Waals surface area (Å²) < 4.78 is 28.6. The summed E-state index contributed by atoms with van der Waals surface area (Å²) in [6.45, 7) is 1.96. The molecule has 0 aromatic heterocycles. The monoisotopic (exact) mass is 325 g/mol. The van der Waals surface area contributed by atoms with Gasteiger partial charge in [0.15, 0.2) is 0 Å². The molecule has 0 saturated heterocycles. The Morgan fingerprint density at radius 1 is 1.11 bits per heavy atom. The lowest BCUT2D eigenvalue weighted by molar-refractivity contribution is 0.521. The number of hydrogen-bond donors (Lipinski definition) is 1. The Morgan fingerprint density at radius 2 is 1.74 bits per heavy atom. The molecule has 0 aliphatic heterocycles. The Bertz CT molecular complexity index is 578. The van der Waals surface area contributed by atoms with E-state index in [1.807, 2.05) is 25.1 Å². The van der Waals surface area contributed by atoms with Crippen molar-refractivity contribution in [2.75, 3.05) is 7.05 Å². The van der Waals surface area contributed by atoms with E-state index in [1.54, 1.807) is 7.05 Å². The number of nitrogens with one attached hydrogen (secondary N) is 1. The van der Waals surface area contributed by atoms with Crippen molar-refractivity contribution in [2.45, 2.75) is 13.0 Å². The summed E-state index contributed by atoms with van der Waals surface area (Å²) in [5.74, 6) is -1.10. The van der Waals surface area contributed by atoms with Crippen molar-refractivity contribution in [2.24, 2.45) is 0 Å². The smallest absolute Gasteiger partial charge is 0.131 e. The van der Waals surface area contributed by atoms with Crippen molar-refractivity contribution in [1.82, 2.24) is 5.32 Å². The second-order valence-electron chi connectivity index (χ2n) is 4.38. The molecule has 0 amide bonds. The van der Waals surface area contributed by atoms with Gasteiger partial charge in [-0.1, -0.05) is 34.1 Å². The molecule has 2 rings (SSSR count). The number of rotatable bonds is 3. The van der Waals surface area contributed by atoms with Crippen LogP contribution in [0.4, 0.5) is 8.78 Å². The lowest BCUT2D eigenvalue weighted by atomic mass is 9.97. The molecular formula is C15H14BrF2N. The van der Waals surface area contributed by atoms with Crippen LogP contribution in [-0.4, -0.2) is 7.05 Å². The van der Waals surface area contributed by atoms with E-state index in [2.05, 4.69) is 21.2 Å². The van der Waals surface area contributed by atoms with Crippen molar-refractivity contribution < 1.29 is 8.78 Å². The zero-order chi connectivity index (χ0) is 14.0. The zero-order valence-corrected chi connectivity index (χ0v) is 12.3. The summed E-state index contributed by atoms with van der Waals surface area (Å²) in [6.07, 6.45) is 0. The third kappa shape index (κ3) is 2.85. The molecule has 1 unspecified atom stereocenters. The van der Waals surface area contributed by atoms with Crippen molar-refractivity contribution >= 4 is 15.9 Å². The fourth-order valence-corrected chi connectivity index (χ4v) is 2.83. The maximum absolute atomic E-state index is 13.9. The Kier molecular flexibility index (Phi) is 4.32. The van der Waals surface area contributed by atoms with Crippen molar-refractivity contribution in [1.29, 1.82) is 0 Å². The van der Waals surface area contributed by atoms with Crippen molar-refractivity contribution in [3.8, 4) is 0 Å². The van der Waals surface area contributed by atoms with Gasteiger partial charge in [-0.2, -0.15) is 0 Å². The molecule has 0 radical (unpaired) electrons. The third-order valence-corrected chi connectivity index (χ3v) is 3.73. The summed E-state index contributed by atoms with van der Waals surface area (Å²) in [5.41, 5.74) is 1.92. The van der Waals surface area contributed by atoms with E-state index in [0.29, 0.717) is 0 Å². The van der Waals surface area contributed by atoms with Gasteiger partial charge in [0.1, 0.15) is 11.6 Å². The molecule has 0 fully saturated rings.